The SMILES string of the molecule is CCc1nn(C)cc1Nc1cc(C)nc(C(C)C)n1. The van der Waals surface area contributed by atoms with Crippen LogP contribution >= 0.6 is 0 Å². The zero-order chi connectivity index (χ0) is 14.0. The smallest absolute Gasteiger partial charge is 0.134 e. The summed E-state index contributed by atoms with van der Waals surface area (Å²) < 4.78 is 1.82. The van der Waals surface area contributed by atoms with E-state index in [4.69, 9.17) is 0 Å². The third kappa shape index (κ3) is 3.10. The highest BCUT2D eigenvalue weighted by atomic mass is 15.3. The summed E-state index contributed by atoms with van der Waals surface area (Å²) in [5.74, 6) is 2.02. The van der Waals surface area contributed by atoms with Crippen molar-refractivity contribution in [3.8, 4) is 0 Å². The summed E-state index contributed by atoms with van der Waals surface area (Å²) in [5, 5.41) is 7.76. The second-order valence-corrected chi connectivity index (χ2v) is 5.05. The minimum atomic E-state index is 0.319. The molecule has 2 aromatic heterocycles. The minimum absolute atomic E-state index is 0.319. The van der Waals surface area contributed by atoms with Gasteiger partial charge in [-0.1, -0.05) is 20.8 Å². The lowest BCUT2D eigenvalue weighted by atomic mass is 10.2. The molecule has 2 aromatic rings. The van der Waals surface area contributed by atoms with E-state index < -0.39 is 0 Å². The number of aryl methyl sites for hydroxylation is 3. The Hall–Kier alpha value is -1.91. The number of nitrogens with zero attached hydrogens (tertiary/aromatic N) is 4. The second-order valence-electron chi connectivity index (χ2n) is 5.05. The van der Waals surface area contributed by atoms with E-state index in [1.165, 1.54) is 0 Å². The Morgan fingerprint density at radius 1 is 1.32 bits per heavy atom. The van der Waals surface area contributed by atoms with Crippen molar-refractivity contribution >= 4 is 11.5 Å². The van der Waals surface area contributed by atoms with Gasteiger partial charge in [-0.15, -0.1) is 0 Å². The molecule has 0 unspecified atom stereocenters. The van der Waals surface area contributed by atoms with Gasteiger partial charge < -0.3 is 5.32 Å². The molecule has 0 amide bonds. The highest BCUT2D eigenvalue weighted by Crippen LogP contribution is 2.21. The maximum absolute atomic E-state index is 4.55. The van der Waals surface area contributed by atoms with Gasteiger partial charge in [0.05, 0.1) is 11.4 Å². The summed E-state index contributed by atoms with van der Waals surface area (Å²) in [7, 11) is 1.93. The van der Waals surface area contributed by atoms with Crippen molar-refractivity contribution in [3.05, 3.63) is 29.5 Å². The van der Waals surface area contributed by atoms with Gasteiger partial charge >= 0.3 is 0 Å². The number of anilines is 2. The second kappa shape index (κ2) is 5.38. The molecule has 0 saturated heterocycles. The van der Waals surface area contributed by atoms with E-state index in [9.17, 15) is 0 Å². The maximum Gasteiger partial charge on any atom is 0.134 e. The van der Waals surface area contributed by atoms with E-state index in [2.05, 4.69) is 41.2 Å². The first-order chi connectivity index (χ1) is 8.99. The third-order valence-corrected chi connectivity index (χ3v) is 2.89. The summed E-state index contributed by atoms with van der Waals surface area (Å²) >= 11 is 0. The van der Waals surface area contributed by atoms with Gasteiger partial charge in [0, 0.05) is 30.9 Å². The normalized spacial score (nSPS) is 11.1. The van der Waals surface area contributed by atoms with E-state index in [1.807, 2.05) is 30.9 Å². The Labute approximate surface area is 114 Å². The van der Waals surface area contributed by atoms with Gasteiger partial charge in [-0.05, 0) is 13.3 Å². The van der Waals surface area contributed by atoms with E-state index >= 15 is 0 Å². The van der Waals surface area contributed by atoms with Crippen LogP contribution in [0, 0.1) is 6.92 Å². The van der Waals surface area contributed by atoms with E-state index in [0.29, 0.717) is 5.92 Å². The first-order valence-corrected chi connectivity index (χ1v) is 6.64. The highest BCUT2D eigenvalue weighted by Gasteiger charge is 2.09. The van der Waals surface area contributed by atoms with Crippen LogP contribution < -0.4 is 5.32 Å². The molecule has 0 aliphatic heterocycles. The van der Waals surface area contributed by atoms with Crippen LogP contribution in [0.15, 0.2) is 12.3 Å². The van der Waals surface area contributed by atoms with E-state index in [0.717, 1.165) is 35.1 Å². The number of hydrogen-bond acceptors (Lipinski definition) is 4. The molecule has 0 saturated carbocycles. The number of rotatable bonds is 4. The first kappa shape index (κ1) is 13.5. The van der Waals surface area contributed by atoms with Crippen LogP contribution in [0.2, 0.25) is 0 Å². The fraction of sp³-hybridized carbons (Fsp3) is 0.500. The molecule has 0 atom stereocenters. The molecule has 0 aromatic carbocycles. The topological polar surface area (TPSA) is 55.6 Å². The summed E-state index contributed by atoms with van der Waals surface area (Å²) in [6.45, 7) is 8.28. The molecule has 5 nitrogen and oxygen atoms in total. The molecule has 102 valence electrons. The van der Waals surface area contributed by atoms with Gasteiger partial charge in [0.25, 0.3) is 0 Å². The van der Waals surface area contributed by atoms with Gasteiger partial charge in [0.15, 0.2) is 0 Å². The summed E-state index contributed by atoms with van der Waals surface area (Å²) in [6, 6.07) is 1.96. The minimum Gasteiger partial charge on any atom is -0.337 e. The van der Waals surface area contributed by atoms with Gasteiger partial charge in [0.2, 0.25) is 0 Å². The molecule has 0 aliphatic carbocycles. The standard InChI is InChI=1S/C14H21N5/c1-6-11-12(8-19(5)18-11)16-13-7-10(4)15-14(17-13)9(2)3/h7-9H,6H2,1-5H3,(H,15,16,17). The largest absolute Gasteiger partial charge is 0.337 e. The quantitative estimate of drug-likeness (QED) is 0.917. The molecule has 0 aliphatic rings. The Kier molecular flexibility index (Phi) is 3.83. The highest BCUT2D eigenvalue weighted by molar-refractivity contribution is 5.58. The number of aromatic nitrogens is 4. The molecular formula is C14H21N5. The molecule has 0 bridgehead atoms. The molecule has 2 heterocycles. The summed E-state index contributed by atoms with van der Waals surface area (Å²) in [5.41, 5.74) is 3.03. The molecule has 1 N–H and O–H groups in total. The van der Waals surface area contributed by atoms with Crippen molar-refractivity contribution in [2.24, 2.45) is 7.05 Å². The zero-order valence-electron chi connectivity index (χ0n) is 12.2. The summed E-state index contributed by atoms with van der Waals surface area (Å²) in [4.78, 5) is 9.00. The Morgan fingerprint density at radius 3 is 2.68 bits per heavy atom. The van der Waals surface area contributed by atoms with Crippen molar-refractivity contribution in [2.45, 2.75) is 40.0 Å². The molecule has 0 fully saturated rings. The van der Waals surface area contributed by atoms with Crippen LogP contribution in [0.1, 0.15) is 43.9 Å². The Morgan fingerprint density at radius 2 is 2.05 bits per heavy atom. The molecule has 19 heavy (non-hydrogen) atoms. The third-order valence-electron chi connectivity index (χ3n) is 2.89. The Bertz CT molecular complexity index is 571. The van der Waals surface area contributed by atoms with Gasteiger partial charge in [-0.25, -0.2) is 9.97 Å². The Balaban J connectivity index is 2.32. The summed E-state index contributed by atoms with van der Waals surface area (Å²) in [6.07, 6.45) is 2.87. The van der Waals surface area contributed by atoms with Gasteiger partial charge in [0.1, 0.15) is 11.6 Å². The average molecular weight is 259 g/mol. The lowest BCUT2D eigenvalue weighted by Gasteiger charge is -2.09. The first-order valence-electron chi connectivity index (χ1n) is 6.64. The van der Waals surface area contributed by atoms with Crippen LogP contribution in [-0.2, 0) is 13.5 Å². The van der Waals surface area contributed by atoms with Crippen molar-refractivity contribution in [2.75, 3.05) is 5.32 Å². The fourth-order valence-electron chi connectivity index (χ4n) is 1.95. The molecule has 0 spiro atoms. The van der Waals surface area contributed by atoms with Gasteiger partial charge in [-0.3, -0.25) is 4.68 Å². The molecule has 5 heteroatoms. The van der Waals surface area contributed by atoms with E-state index in [-0.39, 0.29) is 0 Å². The van der Waals surface area contributed by atoms with Crippen LogP contribution in [-0.4, -0.2) is 19.7 Å². The fourth-order valence-corrected chi connectivity index (χ4v) is 1.95. The van der Waals surface area contributed by atoms with Crippen LogP contribution in [0.4, 0.5) is 11.5 Å². The molecule has 2 rings (SSSR count). The predicted octanol–water partition coefficient (Wildman–Crippen LogP) is 2.95. The maximum atomic E-state index is 4.55. The van der Waals surface area contributed by atoms with Crippen molar-refractivity contribution in [3.63, 3.8) is 0 Å². The monoisotopic (exact) mass is 259 g/mol. The zero-order valence-corrected chi connectivity index (χ0v) is 12.2. The predicted molar refractivity (Wildman–Crippen MR) is 76.7 cm³/mol. The van der Waals surface area contributed by atoms with Crippen LogP contribution in [0.25, 0.3) is 0 Å². The van der Waals surface area contributed by atoms with Crippen LogP contribution in [0.3, 0.4) is 0 Å². The van der Waals surface area contributed by atoms with Gasteiger partial charge in [-0.2, -0.15) is 5.10 Å². The van der Waals surface area contributed by atoms with Crippen molar-refractivity contribution in [1.82, 2.24) is 19.7 Å². The lowest BCUT2D eigenvalue weighted by molar-refractivity contribution is 0.746. The van der Waals surface area contributed by atoms with Crippen molar-refractivity contribution in [1.29, 1.82) is 0 Å². The number of nitrogens with one attached hydrogen (secondary N) is 1. The van der Waals surface area contributed by atoms with E-state index in [1.54, 1.807) is 0 Å². The van der Waals surface area contributed by atoms with Crippen molar-refractivity contribution < 1.29 is 0 Å². The van der Waals surface area contributed by atoms with Crippen LogP contribution in [0.5, 0.6) is 0 Å². The lowest BCUT2D eigenvalue weighted by Crippen LogP contribution is -2.03. The molecular weight excluding hydrogens is 238 g/mol. The molecule has 0 radical (unpaired) electrons. The average Bonchev–Trinajstić information content (AvgIpc) is 2.68. The number of hydrogen-bond donors (Lipinski definition) is 1.